The molecule has 1 fully saturated rings. The van der Waals surface area contributed by atoms with E-state index in [4.69, 9.17) is 0 Å². The average molecular weight is 639 g/mol. The molecule has 1 aliphatic rings. The van der Waals surface area contributed by atoms with E-state index in [1.807, 2.05) is 0 Å². The number of unbranched alkanes of at least 4 members (excludes halogenated alkanes) is 18. The molecule has 0 aromatic carbocycles. The van der Waals surface area contributed by atoms with Crippen molar-refractivity contribution in [2.45, 2.75) is 187 Å². The van der Waals surface area contributed by atoms with Crippen LogP contribution >= 0.6 is 0 Å². The first kappa shape index (κ1) is 42.9. The van der Waals surface area contributed by atoms with Crippen molar-refractivity contribution in [3.05, 3.63) is 48.6 Å². The molecular weight excluding hydrogens is 556 g/mol. The highest BCUT2D eigenvalue weighted by Gasteiger charge is 2.41. The Hall–Kier alpha value is -1.12. The van der Waals surface area contributed by atoms with E-state index < -0.39 is 0 Å². The maximum absolute atomic E-state index is 2.76. The highest BCUT2D eigenvalue weighted by molar-refractivity contribution is 4.95. The molecule has 2 heteroatoms. The van der Waals surface area contributed by atoms with Crippen LogP contribution in [0, 0.1) is 5.41 Å². The molecule has 0 saturated carbocycles. The summed E-state index contributed by atoms with van der Waals surface area (Å²) in [6.07, 6.45) is 55.8. The van der Waals surface area contributed by atoms with Gasteiger partial charge < -0.3 is 9.80 Å². The Balaban J connectivity index is 2.12. The summed E-state index contributed by atoms with van der Waals surface area (Å²) in [5, 5.41) is 0. The van der Waals surface area contributed by atoms with Gasteiger partial charge in [-0.2, -0.15) is 0 Å². The summed E-state index contributed by atoms with van der Waals surface area (Å²) >= 11 is 0. The van der Waals surface area contributed by atoms with Gasteiger partial charge >= 0.3 is 0 Å². The highest BCUT2D eigenvalue weighted by atomic mass is 15.2. The minimum Gasteiger partial charge on any atom is -0.309 e. The van der Waals surface area contributed by atoms with Crippen molar-refractivity contribution in [1.82, 2.24) is 9.80 Å². The van der Waals surface area contributed by atoms with E-state index in [9.17, 15) is 0 Å². The third-order valence-electron chi connectivity index (χ3n) is 10.0. The normalized spacial score (nSPS) is 15.5. The topological polar surface area (TPSA) is 6.48 Å². The largest absolute Gasteiger partial charge is 0.309 e. The van der Waals surface area contributed by atoms with Gasteiger partial charge in [-0.05, 0) is 116 Å². The zero-order chi connectivity index (χ0) is 33.2. The molecule has 268 valence electrons. The van der Waals surface area contributed by atoms with Crippen LogP contribution in [0.4, 0.5) is 0 Å². The van der Waals surface area contributed by atoms with E-state index in [1.54, 1.807) is 0 Å². The van der Waals surface area contributed by atoms with Gasteiger partial charge in [0.25, 0.3) is 0 Å². The second-order valence-corrected chi connectivity index (χ2v) is 15.0. The summed E-state index contributed by atoms with van der Waals surface area (Å²) in [6, 6.07) is 0. The Morgan fingerprint density at radius 1 is 0.457 bits per heavy atom. The molecule has 0 spiro atoms. The summed E-state index contributed by atoms with van der Waals surface area (Å²) in [5.41, 5.74) is 0.641. The molecule has 0 aliphatic carbocycles. The summed E-state index contributed by atoms with van der Waals surface area (Å²) in [6.45, 7) is 9.83. The van der Waals surface area contributed by atoms with Gasteiger partial charge in [-0.15, -0.1) is 0 Å². The SMILES string of the molecule is CCCCCC=CCC=CCCCCCCCCC1(CCCCCCCCC=CCC=CCCCCC)CN(CCCN(C)C)C1. The van der Waals surface area contributed by atoms with Crippen LogP contribution in [0.25, 0.3) is 0 Å². The Morgan fingerprint density at radius 3 is 1.22 bits per heavy atom. The lowest BCUT2D eigenvalue weighted by Crippen LogP contribution is -2.56. The fourth-order valence-electron chi connectivity index (χ4n) is 7.09. The van der Waals surface area contributed by atoms with Crippen LogP contribution in [0.15, 0.2) is 48.6 Å². The summed E-state index contributed by atoms with van der Waals surface area (Å²) < 4.78 is 0. The van der Waals surface area contributed by atoms with Crippen LogP contribution in [-0.2, 0) is 0 Å². The van der Waals surface area contributed by atoms with E-state index >= 15 is 0 Å². The number of nitrogens with zero attached hydrogens (tertiary/aromatic N) is 2. The van der Waals surface area contributed by atoms with E-state index in [2.05, 4.69) is 86.4 Å². The molecule has 0 N–H and O–H groups in total. The summed E-state index contributed by atoms with van der Waals surface area (Å²) in [4.78, 5) is 5.09. The molecule has 0 atom stereocenters. The van der Waals surface area contributed by atoms with Gasteiger partial charge in [0, 0.05) is 13.1 Å². The number of hydrogen-bond donors (Lipinski definition) is 0. The molecular formula is C44H82N2. The number of allylic oxidation sites excluding steroid dienone is 8. The summed E-state index contributed by atoms with van der Waals surface area (Å²) in [5.74, 6) is 0. The first-order valence-electron chi connectivity index (χ1n) is 20.6. The van der Waals surface area contributed by atoms with E-state index in [1.165, 1.54) is 187 Å². The van der Waals surface area contributed by atoms with Gasteiger partial charge in [0.05, 0.1) is 0 Å². The monoisotopic (exact) mass is 639 g/mol. The fourth-order valence-corrected chi connectivity index (χ4v) is 7.09. The Kier molecular flexibility index (Phi) is 30.2. The molecule has 0 unspecified atom stereocenters. The van der Waals surface area contributed by atoms with Crippen LogP contribution in [0.3, 0.4) is 0 Å². The van der Waals surface area contributed by atoms with Crippen molar-refractivity contribution in [2.24, 2.45) is 5.41 Å². The van der Waals surface area contributed by atoms with Crippen molar-refractivity contribution in [1.29, 1.82) is 0 Å². The highest BCUT2D eigenvalue weighted by Crippen LogP contribution is 2.41. The second-order valence-electron chi connectivity index (χ2n) is 15.0. The molecule has 0 amide bonds. The minimum atomic E-state index is 0.641. The molecule has 0 aromatic heterocycles. The van der Waals surface area contributed by atoms with Crippen LogP contribution in [0.5, 0.6) is 0 Å². The van der Waals surface area contributed by atoms with Crippen molar-refractivity contribution < 1.29 is 0 Å². The van der Waals surface area contributed by atoms with E-state index in [-0.39, 0.29) is 0 Å². The molecule has 1 saturated heterocycles. The summed E-state index contributed by atoms with van der Waals surface area (Å²) in [7, 11) is 4.41. The van der Waals surface area contributed by atoms with Crippen LogP contribution in [-0.4, -0.2) is 50.1 Å². The molecule has 46 heavy (non-hydrogen) atoms. The van der Waals surface area contributed by atoms with Crippen molar-refractivity contribution in [3.63, 3.8) is 0 Å². The van der Waals surface area contributed by atoms with E-state index in [0.717, 1.165) is 12.8 Å². The van der Waals surface area contributed by atoms with Crippen molar-refractivity contribution >= 4 is 0 Å². The molecule has 0 aromatic rings. The maximum atomic E-state index is 2.76. The number of likely N-dealkylation sites (tertiary alicyclic amines) is 1. The molecule has 1 heterocycles. The van der Waals surface area contributed by atoms with Gasteiger partial charge in [-0.3, -0.25) is 0 Å². The lowest BCUT2D eigenvalue weighted by atomic mass is 9.71. The van der Waals surface area contributed by atoms with Crippen molar-refractivity contribution in [3.8, 4) is 0 Å². The standard InChI is InChI=1S/C44H82N2/c1-5-7-9-11-13-15-17-19-21-23-25-27-29-31-33-35-38-44(42-46(43-44)41-37-40-45(3)4)39-36-34-32-30-28-26-24-22-20-18-16-14-12-10-8-6-2/h13-16,19-22H,5-12,17-18,23-43H2,1-4H3. The molecule has 0 radical (unpaired) electrons. The van der Waals surface area contributed by atoms with E-state index in [0.29, 0.717) is 5.41 Å². The second kappa shape index (κ2) is 32.4. The minimum absolute atomic E-state index is 0.641. The third kappa shape index (κ3) is 26.9. The first-order chi connectivity index (χ1) is 22.6. The van der Waals surface area contributed by atoms with Gasteiger partial charge in [0.2, 0.25) is 0 Å². The van der Waals surface area contributed by atoms with Gasteiger partial charge in [-0.1, -0.05) is 152 Å². The number of rotatable bonds is 34. The predicted molar refractivity (Wildman–Crippen MR) is 210 cm³/mol. The molecule has 1 aliphatic heterocycles. The lowest BCUT2D eigenvalue weighted by Gasteiger charge is -2.51. The molecule has 1 rings (SSSR count). The quantitative estimate of drug-likeness (QED) is 0.0511. The molecule has 0 bridgehead atoms. The van der Waals surface area contributed by atoms with Gasteiger partial charge in [0.1, 0.15) is 0 Å². The van der Waals surface area contributed by atoms with Crippen LogP contribution in [0.2, 0.25) is 0 Å². The Bertz CT molecular complexity index is 689. The van der Waals surface area contributed by atoms with Gasteiger partial charge in [-0.25, -0.2) is 0 Å². The first-order valence-corrected chi connectivity index (χ1v) is 20.6. The predicted octanol–water partition coefficient (Wildman–Crippen LogP) is 13.6. The van der Waals surface area contributed by atoms with Crippen LogP contribution < -0.4 is 0 Å². The Labute approximate surface area is 290 Å². The zero-order valence-electron chi connectivity index (χ0n) is 31.9. The Morgan fingerprint density at radius 2 is 0.826 bits per heavy atom. The smallest absolute Gasteiger partial charge is 0.00505 e. The maximum Gasteiger partial charge on any atom is 0.00505 e. The number of hydrogen-bond acceptors (Lipinski definition) is 2. The lowest BCUT2D eigenvalue weighted by molar-refractivity contribution is -0.0183. The average Bonchev–Trinajstić information content (AvgIpc) is 3.03. The van der Waals surface area contributed by atoms with Crippen molar-refractivity contribution in [2.75, 3.05) is 40.3 Å². The fraction of sp³-hybridized carbons (Fsp3) is 0.818. The zero-order valence-corrected chi connectivity index (χ0v) is 31.9. The van der Waals surface area contributed by atoms with Gasteiger partial charge in [0.15, 0.2) is 0 Å². The molecule has 2 nitrogen and oxygen atoms in total. The van der Waals surface area contributed by atoms with Crippen LogP contribution in [0.1, 0.15) is 187 Å². The third-order valence-corrected chi connectivity index (χ3v) is 10.0.